The number of benzene rings is 1. The van der Waals surface area contributed by atoms with Crippen molar-refractivity contribution in [1.82, 2.24) is 5.32 Å². The molecular formula is C12H17ClN2. The predicted molar refractivity (Wildman–Crippen MR) is 64.3 cm³/mol. The highest BCUT2D eigenvalue weighted by Crippen LogP contribution is 2.26. The number of hydrogen-bond donors (Lipinski definition) is 2. The summed E-state index contributed by atoms with van der Waals surface area (Å²) in [6.45, 7) is 2.09. The van der Waals surface area contributed by atoms with E-state index in [0.717, 1.165) is 31.0 Å². The van der Waals surface area contributed by atoms with Gasteiger partial charge in [0.15, 0.2) is 0 Å². The Morgan fingerprint density at radius 3 is 2.53 bits per heavy atom. The minimum absolute atomic E-state index is 0.265. The standard InChI is InChI=1S/C12H17ClN2/c13-10-3-1-9(2-4-10)11-5-7-15-8-6-12(11)14/h1-4,11-12,15H,5-8,14H2. The maximum absolute atomic E-state index is 6.18. The molecule has 0 radical (unpaired) electrons. The van der Waals surface area contributed by atoms with Crippen LogP contribution in [0.3, 0.4) is 0 Å². The fraction of sp³-hybridized carbons (Fsp3) is 0.500. The van der Waals surface area contributed by atoms with Gasteiger partial charge in [-0.3, -0.25) is 0 Å². The molecule has 2 rings (SSSR count). The van der Waals surface area contributed by atoms with E-state index in [0.29, 0.717) is 5.92 Å². The molecule has 2 nitrogen and oxygen atoms in total. The Kier molecular flexibility index (Phi) is 3.62. The summed E-state index contributed by atoms with van der Waals surface area (Å²) in [5, 5.41) is 4.17. The van der Waals surface area contributed by atoms with Crippen molar-refractivity contribution in [3.8, 4) is 0 Å². The molecule has 0 saturated carbocycles. The Balaban J connectivity index is 2.16. The summed E-state index contributed by atoms with van der Waals surface area (Å²) in [5.74, 6) is 0.470. The van der Waals surface area contributed by atoms with E-state index in [1.807, 2.05) is 12.1 Å². The first-order valence-corrected chi connectivity index (χ1v) is 5.87. The molecule has 1 heterocycles. The van der Waals surface area contributed by atoms with Gasteiger partial charge in [-0.15, -0.1) is 0 Å². The van der Waals surface area contributed by atoms with E-state index in [4.69, 9.17) is 17.3 Å². The highest BCUT2D eigenvalue weighted by atomic mass is 35.5. The maximum atomic E-state index is 6.18. The molecule has 82 valence electrons. The molecule has 1 aromatic rings. The summed E-state index contributed by atoms with van der Waals surface area (Å²) in [6, 6.07) is 8.35. The minimum Gasteiger partial charge on any atom is -0.327 e. The summed E-state index contributed by atoms with van der Waals surface area (Å²) in [7, 11) is 0. The molecule has 15 heavy (non-hydrogen) atoms. The van der Waals surface area contributed by atoms with Crippen molar-refractivity contribution in [3.05, 3.63) is 34.9 Å². The lowest BCUT2D eigenvalue weighted by Gasteiger charge is -2.21. The van der Waals surface area contributed by atoms with E-state index >= 15 is 0 Å². The molecule has 0 amide bonds. The molecule has 3 N–H and O–H groups in total. The molecular weight excluding hydrogens is 208 g/mol. The first kappa shape index (κ1) is 10.9. The first-order valence-electron chi connectivity index (χ1n) is 5.49. The van der Waals surface area contributed by atoms with Crippen LogP contribution in [0.2, 0.25) is 5.02 Å². The second-order valence-electron chi connectivity index (χ2n) is 4.15. The zero-order valence-electron chi connectivity index (χ0n) is 8.75. The van der Waals surface area contributed by atoms with Crippen LogP contribution in [0.4, 0.5) is 0 Å². The number of nitrogens with one attached hydrogen (secondary N) is 1. The van der Waals surface area contributed by atoms with Crippen LogP contribution in [0.1, 0.15) is 24.3 Å². The van der Waals surface area contributed by atoms with Gasteiger partial charge >= 0.3 is 0 Å². The zero-order chi connectivity index (χ0) is 10.7. The van der Waals surface area contributed by atoms with Crippen molar-refractivity contribution in [1.29, 1.82) is 0 Å². The third kappa shape index (κ3) is 2.71. The lowest BCUT2D eigenvalue weighted by atomic mass is 9.88. The quantitative estimate of drug-likeness (QED) is 0.767. The highest BCUT2D eigenvalue weighted by Gasteiger charge is 2.21. The number of hydrogen-bond acceptors (Lipinski definition) is 2. The fourth-order valence-electron chi connectivity index (χ4n) is 2.19. The highest BCUT2D eigenvalue weighted by molar-refractivity contribution is 6.30. The zero-order valence-corrected chi connectivity index (χ0v) is 9.50. The second kappa shape index (κ2) is 4.97. The van der Waals surface area contributed by atoms with E-state index in [1.54, 1.807) is 0 Å². The number of nitrogens with two attached hydrogens (primary N) is 1. The molecule has 1 aliphatic heterocycles. The van der Waals surface area contributed by atoms with Gasteiger partial charge in [0.25, 0.3) is 0 Å². The van der Waals surface area contributed by atoms with Gasteiger partial charge in [0, 0.05) is 17.0 Å². The van der Waals surface area contributed by atoms with E-state index in [1.165, 1.54) is 5.56 Å². The van der Waals surface area contributed by atoms with Crippen LogP contribution < -0.4 is 11.1 Å². The summed E-state index contributed by atoms with van der Waals surface area (Å²) in [6.07, 6.45) is 2.16. The van der Waals surface area contributed by atoms with E-state index in [-0.39, 0.29) is 6.04 Å². The Labute approximate surface area is 95.8 Å². The Morgan fingerprint density at radius 2 is 1.80 bits per heavy atom. The van der Waals surface area contributed by atoms with Crippen LogP contribution in [0.5, 0.6) is 0 Å². The third-order valence-electron chi connectivity index (χ3n) is 3.10. The van der Waals surface area contributed by atoms with Crippen LogP contribution in [-0.4, -0.2) is 19.1 Å². The van der Waals surface area contributed by atoms with Gasteiger partial charge in [0.1, 0.15) is 0 Å². The molecule has 1 aromatic carbocycles. The molecule has 1 saturated heterocycles. The molecule has 1 aliphatic rings. The predicted octanol–water partition coefficient (Wildman–Crippen LogP) is 2.13. The van der Waals surface area contributed by atoms with Crippen molar-refractivity contribution < 1.29 is 0 Å². The lowest BCUT2D eigenvalue weighted by molar-refractivity contribution is 0.518. The van der Waals surface area contributed by atoms with Gasteiger partial charge in [-0.2, -0.15) is 0 Å². The van der Waals surface area contributed by atoms with Gasteiger partial charge in [-0.1, -0.05) is 23.7 Å². The smallest absolute Gasteiger partial charge is 0.0406 e. The largest absolute Gasteiger partial charge is 0.327 e. The van der Waals surface area contributed by atoms with Crippen molar-refractivity contribution in [2.45, 2.75) is 24.8 Å². The van der Waals surface area contributed by atoms with E-state index < -0.39 is 0 Å². The van der Waals surface area contributed by atoms with Gasteiger partial charge in [0.2, 0.25) is 0 Å². The normalized spacial score (nSPS) is 27.3. The monoisotopic (exact) mass is 224 g/mol. The maximum Gasteiger partial charge on any atom is 0.0406 e. The van der Waals surface area contributed by atoms with Gasteiger partial charge in [-0.05, 0) is 43.6 Å². The van der Waals surface area contributed by atoms with E-state index in [9.17, 15) is 0 Å². The van der Waals surface area contributed by atoms with Gasteiger partial charge in [-0.25, -0.2) is 0 Å². The SMILES string of the molecule is NC1CCNCCC1c1ccc(Cl)cc1. The Hall–Kier alpha value is -0.570. The van der Waals surface area contributed by atoms with Crippen molar-refractivity contribution >= 4 is 11.6 Å². The van der Waals surface area contributed by atoms with Gasteiger partial charge in [0.05, 0.1) is 0 Å². The summed E-state index contributed by atoms with van der Waals surface area (Å²) in [5.41, 5.74) is 7.49. The molecule has 2 atom stereocenters. The summed E-state index contributed by atoms with van der Waals surface area (Å²) < 4.78 is 0. The average Bonchev–Trinajstić information content (AvgIpc) is 2.44. The first-order chi connectivity index (χ1) is 7.27. The Bertz CT molecular complexity index is 310. The molecule has 0 aliphatic carbocycles. The molecule has 0 spiro atoms. The number of halogens is 1. The van der Waals surface area contributed by atoms with Crippen LogP contribution in [0.25, 0.3) is 0 Å². The number of rotatable bonds is 1. The summed E-state index contributed by atoms with van der Waals surface area (Å²) in [4.78, 5) is 0. The van der Waals surface area contributed by atoms with Crippen LogP contribution in [-0.2, 0) is 0 Å². The molecule has 3 heteroatoms. The molecule has 0 aromatic heterocycles. The van der Waals surface area contributed by atoms with Crippen LogP contribution in [0.15, 0.2) is 24.3 Å². The molecule has 0 bridgehead atoms. The van der Waals surface area contributed by atoms with Crippen LogP contribution in [0, 0.1) is 0 Å². The van der Waals surface area contributed by atoms with E-state index in [2.05, 4.69) is 17.4 Å². The minimum atomic E-state index is 0.265. The van der Waals surface area contributed by atoms with Crippen molar-refractivity contribution in [2.75, 3.05) is 13.1 Å². The second-order valence-corrected chi connectivity index (χ2v) is 4.59. The van der Waals surface area contributed by atoms with Gasteiger partial charge < -0.3 is 11.1 Å². The van der Waals surface area contributed by atoms with Crippen molar-refractivity contribution in [3.63, 3.8) is 0 Å². The summed E-state index contributed by atoms with van der Waals surface area (Å²) >= 11 is 5.88. The fourth-order valence-corrected chi connectivity index (χ4v) is 2.32. The molecule has 1 fully saturated rings. The van der Waals surface area contributed by atoms with Crippen molar-refractivity contribution in [2.24, 2.45) is 5.73 Å². The molecule has 2 unspecified atom stereocenters. The Morgan fingerprint density at radius 1 is 1.13 bits per heavy atom. The van der Waals surface area contributed by atoms with Crippen LogP contribution >= 0.6 is 11.6 Å². The average molecular weight is 225 g/mol. The third-order valence-corrected chi connectivity index (χ3v) is 3.35. The lowest BCUT2D eigenvalue weighted by Crippen LogP contribution is -2.28. The topological polar surface area (TPSA) is 38.0 Å².